The van der Waals surface area contributed by atoms with Gasteiger partial charge in [0, 0.05) is 45.3 Å². The molecular weight excluding hydrogens is 314 g/mol. The second kappa shape index (κ2) is 6.76. The molecule has 2 saturated heterocycles. The smallest absolute Gasteiger partial charge is 0.243 e. The zero-order chi connectivity index (χ0) is 16.4. The predicted molar refractivity (Wildman–Crippen MR) is 89.3 cm³/mol. The second-order valence-electron chi connectivity index (χ2n) is 6.22. The molecule has 6 nitrogen and oxygen atoms in total. The summed E-state index contributed by atoms with van der Waals surface area (Å²) in [5.41, 5.74) is 0.731. The molecule has 1 N–H and O–H groups in total. The van der Waals surface area contributed by atoms with Crippen molar-refractivity contribution >= 4 is 10.0 Å². The maximum Gasteiger partial charge on any atom is 0.243 e. The van der Waals surface area contributed by atoms with Gasteiger partial charge in [-0.3, -0.25) is 4.90 Å². The third-order valence-corrected chi connectivity index (χ3v) is 6.82. The number of hydrogen-bond donors (Lipinski definition) is 1. The van der Waals surface area contributed by atoms with Gasteiger partial charge in [-0.25, -0.2) is 8.42 Å². The van der Waals surface area contributed by atoms with Crippen molar-refractivity contribution in [1.29, 1.82) is 0 Å². The summed E-state index contributed by atoms with van der Waals surface area (Å²) in [6, 6.07) is 5.48. The molecule has 2 heterocycles. The number of ether oxygens (including phenoxy) is 1. The summed E-state index contributed by atoms with van der Waals surface area (Å²) in [7, 11) is -1.85. The van der Waals surface area contributed by atoms with E-state index in [9.17, 15) is 8.42 Å². The summed E-state index contributed by atoms with van der Waals surface area (Å²) >= 11 is 0. The molecule has 3 rings (SSSR count). The minimum atomic E-state index is -3.43. The number of methoxy groups -OCH3 is 1. The first-order valence-corrected chi connectivity index (χ1v) is 9.56. The second-order valence-corrected chi connectivity index (χ2v) is 8.13. The van der Waals surface area contributed by atoms with Gasteiger partial charge in [-0.2, -0.15) is 4.31 Å². The number of sulfonamides is 1. The van der Waals surface area contributed by atoms with Gasteiger partial charge in [0.1, 0.15) is 5.75 Å². The Morgan fingerprint density at radius 3 is 2.61 bits per heavy atom. The van der Waals surface area contributed by atoms with Crippen LogP contribution in [0.25, 0.3) is 0 Å². The molecule has 0 amide bonds. The highest BCUT2D eigenvalue weighted by atomic mass is 32.2. The molecule has 2 aliphatic heterocycles. The molecule has 0 radical (unpaired) electrons. The first kappa shape index (κ1) is 16.7. The lowest BCUT2D eigenvalue weighted by Gasteiger charge is -2.32. The standard InChI is InChI=1S/C16H25N3O3S/c1-13-11-15(22-2)3-4-16(13)23(20,21)19-8-5-14(12-19)18-9-6-17-7-10-18/h3-4,11,14,17H,5-10,12H2,1-2H3. The fourth-order valence-electron chi connectivity index (χ4n) is 3.45. The summed E-state index contributed by atoms with van der Waals surface area (Å²) < 4.78 is 32.7. The lowest BCUT2D eigenvalue weighted by Crippen LogP contribution is -2.49. The van der Waals surface area contributed by atoms with E-state index in [1.165, 1.54) is 0 Å². The number of nitrogens with one attached hydrogen (secondary N) is 1. The fraction of sp³-hybridized carbons (Fsp3) is 0.625. The lowest BCUT2D eigenvalue weighted by atomic mass is 10.2. The van der Waals surface area contributed by atoms with Crippen molar-refractivity contribution in [3.05, 3.63) is 23.8 Å². The number of benzene rings is 1. The highest BCUT2D eigenvalue weighted by molar-refractivity contribution is 7.89. The third-order valence-electron chi connectivity index (χ3n) is 4.79. The lowest BCUT2D eigenvalue weighted by molar-refractivity contribution is 0.179. The predicted octanol–water partition coefficient (Wildman–Crippen LogP) is 0.672. The Morgan fingerprint density at radius 2 is 1.96 bits per heavy atom. The molecule has 1 aromatic rings. The van der Waals surface area contributed by atoms with Gasteiger partial charge in [0.2, 0.25) is 10.0 Å². The van der Waals surface area contributed by atoms with Crippen LogP contribution in [0.3, 0.4) is 0 Å². The molecule has 0 spiro atoms. The average Bonchev–Trinajstić information content (AvgIpc) is 3.06. The third kappa shape index (κ3) is 3.38. The van der Waals surface area contributed by atoms with E-state index >= 15 is 0 Å². The fourth-order valence-corrected chi connectivity index (χ4v) is 5.15. The van der Waals surface area contributed by atoms with Gasteiger partial charge in [0.25, 0.3) is 0 Å². The van der Waals surface area contributed by atoms with Crippen LogP contribution in [0.15, 0.2) is 23.1 Å². The first-order valence-electron chi connectivity index (χ1n) is 8.12. The Bertz CT molecular complexity index is 657. The van der Waals surface area contributed by atoms with Gasteiger partial charge in [0.15, 0.2) is 0 Å². The topological polar surface area (TPSA) is 61.9 Å². The number of aryl methyl sites for hydroxylation is 1. The number of rotatable bonds is 4. The van der Waals surface area contributed by atoms with E-state index in [4.69, 9.17) is 4.74 Å². The largest absolute Gasteiger partial charge is 0.497 e. The van der Waals surface area contributed by atoms with E-state index in [2.05, 4.69) is 10.2 Å². The maximum absolute atomic E-state index is 12.9. The molecule has 0 bridgehead atoms. The molecule has 2 fully saturated rings. The van der Waals surface area contributed by atoms with Gasteiger partial charge in [0.05, 0.1) is 12.0 Å². The highest BCUT2D eigenvalue weighted by Crippen LogP contribution is 2.27. The van der Waals surface area contributed by atoms with Crippen molar-refractivity contribution < 1.29 is 13.2 Å². The van der Waals surface area contributed by atoms with E-state index in [-0.39, 0.29) is 0 Å². The normalized spacial score (nSPS) is 24.0. The minimum Gasteiger partial charge on any atom is -0.497 e. The van der Waals surface area contributed by atoms with Crippen LogP contribution in [0.2, 0.25) is 0 Å². The highest BCUT2D eigenvalue weighted by Gasteiger charge is 2.36. The molecule has 128 valence electrons. The van der Waals surface area contributed by atoms with Gasteiger partial charge >= 0.3 is 0 Å². The summed E-state index contributed by atoms with van der Waals surface area (Å²) in [5, 5.41) is 3.34. The van der Waals surface area contributed by atoms with Crippen molar-refractivity contribution in [2.75, 3.05) is 46.4 Å². The molecule has 1 aromatic carbocycles. The summed E-state index contributed by atoms with van der Waals surface area (Å²) in [6.45, 7) is 6.98. The Kier molecular flexibility index (Phi) is 4.91. The quantitative estimate of drug-likeness (QED) is 0.874. The summed E-state index contributed by atoms with van der Waals surface area (Å²) in [5.74, 6) is 0.682. The zero-order valence-corrected chi connectivity index (χ0v) is 14.6. The summed E-state index contributed by atoms with van der Waals surface area (Å²) in [4.78, 5) is 2.80. The number of hydrogen-bond acceptors (Lipinski definition) is 5. The van der Waals surface area contributed by atoms with Crippen LogP contribution in [-0.4, -0.2) is 70.0 Å². The molecular formula is C16H25N3O3S. The van der Waals surface area contributed by atoms with Crippen LogP contribution in [0.4, 0.5) is 0 Å². The molecule has 1 unspecified atom stereocenters. The van der Waals surface area contributed by atoms with Gasteiger partial charge in [-0.1, -0.05) is 0 Å². The SMILES string of the molecule is COc1ccc(S(=O)(=O)N2CCC(N3CCNCC3)C2)c(C)c1. The van der Waals surface area contributed by atoms with E-state index in [0.717, 1.165) is 38.2 Å². The van der Waals surface area contributed by atoms with Crippen molar-refractivity contribution in [3.8, 4) is 5.75 Å². The van der Waals surface area contributed by atoms with E-state index in [1.54, 1.807) is 29.6 Å². The van der Waals surface area contributed by atoms with Gasteiger partial charge in [-0.15, -0.1) is 0 Å². The molecule has 1 atom stereocenters. The van der Waals surface area contributed by atoms with E-state index in [0.29, 0.717) is 29.8 Å². The van der Waals surface area contributed by atoms with E-state index in [1.807, 2.05) is 6.92 Å². The van der Waals surface area contributed by atoms with Crippen molar-refractivity contribution in [2.24, 2.45) is 0 Å². The van der Waals surface area contributed by atoms with Crippen LogP contribution in [0, 0.1) is 6.92 Å². The van der Waals surface area contributed by atoms with Crippen LogP contribution in [0.1, 0.15) is 12.0 Å². The number of nitrogens with zero attached hydrogens (tertiary/aromatic N) is 2. The van der Waals surface area contributed by atoms with E-state index < -0.39 is 10.0 Å². The Hall–Kier alpha value is -1.15. The molecule has 0 saturated carbocycles. The summed E-state index contributed by atoms with van der Waals surface area (Å²) in [6.07, 6.45) is 0.911. The Morgan fingerprint density at radius 1 is 1.22 bits per heavy atom. The maximum atomic E-state index is 12.9. The van der Waals surface area contributed by atoms with Gasteiger partial charge < -0.3 is 10.1 Å². The Balaban J connectivity index is 1.75. The Labute approximate surface area is 138 Å². The van der Waals surface area contributed by atoms with Crippen LogP contribution in [-0.2, 0) is 10.0 Å². The number of piperazine rings is 1. The first-order chi connectivity index (χ1) is 11.0. The average molecular weight is 339 g/mol. The zero-order valence-electron chi connectivity index (χ0n) is 13.8. The van der Waals surface area contributed by atoms with Crippen LogP contribution < -0.4 is 10.1 Å². The monoisotopic (exact) mass is 339 g/mol. The van der Waals surface area contributed by atoms with Gasteiger partial charge in [-0.05, 0) is 37.1 Å². The molecule has 7 heteroatoms. The van der Waals surface area contributed by atoms with Crippen molar-refractivity contribution in [3.63, 3.8) is 0 Å². The van der Waals surface area contributed by atoms with Crippen LogP contribution in [0.5, 0.6) is 5.75 Å². The molecule has 2 aliphatic rings. The molecule has 23 heavy (non-hydrogen) atoms. The van der Waals surface area contributed by atoms with Crippen molar-refractivity contribution in [2.45, 2.75) is 24.3 Å². The van der Waals surface area contributed by atoms with Crippen molar-refractivity contribution in [1.82, 2.24) is 14.5 Å². The molecule has 0 aliphatic carbocycles. The minimum absolute atomic E-state index is 0.338. The molecule has 0 aromatic heterocycles. The van der Waals surface area contributed by atoms with Crippen LogP contribution >= 0.6 is 0 Å².